The van der Waals surface area contributed by atoms with E-state index in [2.05, 4.69) is 26.1 Å². The summed E-state index contributed by atoms with van der Waals surface area (Å²) in [4.78, 5) is 4.15. The summed E-state index contributed by atoms with van der Waals surface area (Å²) in [5.74, 6) is 1.23. The molecule has 2 rings (SSSR count). The number of hydrogen-bond donors (Lipinski definition) is 0. The summed E-state index contributed by atoms with van der Waals surface area (Å²) >= 11 is 3.39. The first-order valence-corrected chi connectivity index (χ1v) is 5.37. The van der Waals surface area contributed by atoms with E-state index in [4.69, 9.17) is 4.52 Å². The summed E-state index contributed by atoms with van der Waals surface area (Å²) in [6, 6.07) is 8.01. The van der Waals surface area contributed by atoms with Crippen LogP contribution in [0.4, 0.5) is 0 Å². The second-order valence-electron chi connectivity index (χ2n) is 2.98. The molecular weight excluding hydrogens is 244 g/mol. The van der Waals surface area contributed by atoms with E-state index in [-0.39, 0.29) is 0 Å². The summed E-state index contributed by atoms with van der Waals surface area (Å²) in [6.45, 7) is 1.81. The third kappa shape index (κ3) is 1.85. The van der Waals surface area contributed by atoms with Crippen LogP contribution in [0, 0.1) is 6.92 Å². The largest absolute Gasteiger partial charge is 0.334 e. The highest BCUT2D eigenvalue weighted by molar-refractivity contribution is 9.08. The van der Waals surface area contributed by atoms with Gasteiger partial charge in [0.05, 0.1) is 0 Å². The first-order valence-electron chi connectivity index (χ1n) is 4.25. The van der Waals surface area contributed by atoms with Gasteiger partial charge in [-0.1, -0.05) is 33.2 Å². The minimum absolute atomic E-state index is 0.573. The highest BCUT2D eigenvalue weighted by atomic mass is 79.9. The van der Waals surface area contributed by atoms with Gasteiger partial charge in [-0.25, -0.2) is 0 Å². The fraction of sp³-hybridized carbons (Fsp3) is 0.200. The van der Waals surface area contributed by atoms with E-state index < -0.39 is 0 Å². The van der Waals surface area contributed by atoms with Gasteiger partial charge in [-0.15, -0.1) is 0 Å². The third-order valence-corrected chi connectivity index (χ3v) is 2.53. The standard InChI is InChI=1S/C10H9BrN2O/c1-7-12-10(14-13-7)9-4-2-8(6-11)3-5-9/h2-5H,6H2,1H3. The SMILES string of the molecule is Cc1noc(-c2ccc(CBr)cc2)n1. The Morgan fingerprint density at radius 2 is 2.00 bits per heavy atom. The van der Waals surface area contributed by atoms with Crippen molar-refractivity contribution in [3.8, 4) is 11.5 Å². The fourth-order valence-corrected chi connectivity index (χ4v) is 1.52. The Kier molecular flexibility index (Phi) is 2.63. The summed E-state index contributed by atoms with van der Waals surface area (Å²) in [5.41, 5.74) is 2.18. The lowest BCUT2D eigenvalue weighted by molar-refractivity contribution is 0.425. The molecule has 1 aromatic heterocycles. The molecular formula is C10H9BrN2O. The molecule has 0 atom stereocenters. The van der Waals surface area contributed by atoms with Gasteiger partial charge in [0.25, 0.3) is 5.89 Å². The van der Waals surface area contributed by atoms with Crippen LogP contribution < -0.4 is 0 Å². The Bertz CT molecular complexity index is 422. The minimum atomic E-state index is 0.573. The maximum absolute atomic E-state index is 5.05. The summed E-state index contributed by atoms with van der Waals surface area (Å²) in [7, 11) is 0. The Hall–Kier alpha value is -1.16. The molecule has 0 bridgehead atoms. The smallest absolute Gasteiger partial charge is 0.257 e. The molecule has 0 unspecified atom stereocenters. The second kappa shape index (κ2) is 3.92. The molecule has 0 saturated carbocycles. The Labute approximate surface area is 90.3 Å². The quantitative estimate of drug-likeness (QED) is 0.772. The maximum atomic E-state index is 5.05. The van der Waals surface area contributed by atoms with Gasteiger partial charge in [0.2, 0.25) is 0 Å². The van der Waals surface area contributed by atoms with Gasteiger partial charge in [0, 0.05) is 10.9 Å². The molecule has 0 aliphatic rings. The number of nitrogens with zero attached hydrogens (tertiary/aromatic N) is 2. The Balaban J connectivity index is 2.33. The van der Waals surface area contributed by atoms with Gasteiger partial charge in [0.15, 0.2) is 5.82 Å². The molecule has 0 spiro atoms. The van der Waals surface area contributed by atoms with Gasteiger partial charge in [-0.05, 0) is 24.6 Å². The van der Waals surface area contributed by atoms with Crippen LogP contribution in [0.15, 0.2) is 28.8 Å². The number of rotatable bonds is 2. The van der Waals surface area contributed by atoms with Crippen LogP contribution in [0.3, 0.4) is 0 Å². The number of alkyl halides is 1. The second-order valence-corrected chi connectivity index (χ2v) is 3.54. The number of aromatic nitrogens is 2. The van der Waals surface area contributed by atoms with Gasteiger partial charge < -0.3 is 4.52 Å². The van der Waals surface area contributed by atoms with E-state index >= 15 is 0 Å². The molecule has 4 heteroatoms. The van der Waals surface area contributed by atoms with Gasteiger partial charge in [0.1, 0.15) is 0 Å². The summed E-state index contributed by atoms with van der Waals surface area (Å²) in [6.07, 6.45) is 0. The molecule has 0 radical (unpaired) electrons. The number of aryl methyl sites for hydroxylation is 1. The molecule has 0 amide bonds. The van der Waals surface area contributed by atoms with E-state index in [1.165, 1.54) is 5.56 Å². The zero-order valence-electron chi connectivity index (χ0n) is 7.70. The molecule has 0 aliphatic carbocycles. The third-order valence-electron chi connectivity index (χ3n) is 1.88. The van der Waals surface area contributed by atoms with E-state index in [0.29, 0.717) is 11.7 Å². The average molecular weight is 253 g/mol. The Morgan fingerprint density at radius 3 is 2.50 bits per heavy atom. The molecule has 0 aliphatic heterocycles. The molecule has 1 heterocycles. The topological polar surface area (TPSA) is 38.9 Å². The fourth-order valence-electron chi connectivity index (χ4n) is 1.15. The predicted molar refractivity (Wildman–Crippen MR) is 57.1 cm³/mol. The van der Waals surface area contributed by atoms with Crippen molar-refractivity contribution in [2.75, 3.05) is 0 Å². The van der Waals surface area contributed by atoms with Crippen molar-refractivity contribution < 1.29 is 4.52 Å². The normalized spacial score (nSPS) is 10.4. The van der Waals surface area contributed by atoms with E-state index in [9.17, 15) is 0 Å². The van der Waals surface area contributed by atoms with Crippen molar-refractivity contribution in [2.45, 2.75) is 12.3 Å². The maximum Gasteiger partial charge on any atom is 0.257 e. The van der Waals surface area contributed by atoms with Crippen LogP contribution in [0.5, 0.6) is 0 Å². The highest BCUT2D eigenvalue weighted by Gasteiger charge is 2.04. The van der Waals surface area contributed by atoms with Crippen molar-refractivity contribution in [3.05, 3.63) is 35.7 Å². The molecule has 14 heavy (non-hydrogen) atoms. The lowest BCUT2D eigenvalue weighted by atomic mass is 10.1. The lowest BCUT2D eigenvalue weighted by Crippen LogP contribution is -1.80. The van der Waals surface area contributed by atoms with Crippen molar-refractivity contribution in [1.29, 1.82) is 0 Å². The van der Waals surface area contributed by atoms with E-state index in [1.54, 1.807) is 6.92 Å². The van der Waals surface area contributed by atoms with Crippen molar-refractivity contribution in [2.24, 2.45) is 0 Å². The minimum Gasteiger partial charge on any atom is -0.334 e. The number of benzene rings is 1. The molecule has 0 saturated heterocycles. The van der Waals surface area contributed by atoms with Crippen molar-refractivity contribution >= 4 is 15.9 Å². The van der Waals surface area contributed by atoms with Crippen molar-refractivity contribution in [3.63, 3.8) is 0 Å². The average Bonchev–Trinajstić information content (AvgIpc) is 2.65. The van der Waals surface area contributed by atoms with E-state index in [0.717, 1.165) is 10.9 Å². The van der Waals surface area contributed by atoms with Crippen LogP contribution in [-0.2, 0) is 5.33 Å². The molecule has 1 aromatic carbocycles. The molecule has 72 valence electrons. The van der Waals surface area contributed by atoms with Crippen LogP contribution in [-0.4, -0.2) is 10.1 Å². The highest BCUT2D eigenvalue weighted by Crippen LogP contribution is 2.18. The van der Waals surface area contributed by atoms with Crippen LogP contribution in [0.1, 0.15) is 11.4 Å². The molecule has 0 fully saturated rings. The van der Waals surface area contributed by atoms with Crippen LogP contribution in [0.25, 0.3) is 11.5 Å². The molecule has 2 aromatic rings. The van der Waals surface area contributed by atoms with Gasteiger partial charge in [-0.2, -0.15) is 4.98 Å². The predicted octanol–water partition coefficient (Wildman–Crippen LogP) is 2.94. The zero-order valence-corrected chi connectivity index (χ0v) is 9.28. The summed E-state index contributed by atoms with van der Waals surface area (Å²) in [5, 5.41) is 4.60. The van der Waals surface area contributed by atoms with Crippen LogP contribution in [0.2, 0.25) is 0 Å². The first kappa shape index (κ1) is 9.40. The number of halogens is 1. The van der Waals surface area contributed by atoms with Gasteiger partial charge in [-0.3, -0.25) is 0 Å². The van der Waals surface area contributed by atoms with Crippen LogP contribution >= 0.6 is 15.9 Å². The van der Waals surface area contributed by atoms with Gasteiger partial charge >= 0.3 is 0 Å². The first-order chi connectivity index (χ1) is 6.79. The monoisotopic (exact) mass is 252 g/mol. The zero-order chi connectivity index (χ0) is 9.97. The summed E-state index contributed by atoms with van der Waals surface area (Å²) < 4.78 is 5.05. The number of hydrogen-bond acceptors (Lipinski definition) is 3. The van der Waals surface area contributed by atoms with E-state index in [1.807, 2.05) is 24.3 Å². The molecule has 3 nitrogen and oxygen atoms in total. The molecule has 0 N–H and O–H groups in total. The van der Waals surface area contributed by atoms with Crippen molar-refractivity contribution in [1.82, 2.24) is 10.1 Å². The Morgan fingerprint density at radius 1 is 1.29 bits per heavy atom. The lowest BCUT2D eigenvalue weighted by Gasteiger charge is -1.96.